The molecule has 3 unspecified atom stereocenters. The highest BCUT2D eigenvalue weighted by Gasteiger charge is 2.45. The first kappa shape index (κ1) is 11.5. The number of aryl methyl sites for hydroxylation is 1. The van der Waals surface area contributed by atoms with Crippen molar-refractivity contribution in [3.63, 3.8) is 0 Å². The molecular weight excluding hydrogens is 236 g/mol. The predicted molar refractivity (Wildman–Crippen MR) is 76.0 cm³/mol. The van der Waals surface area contributed by atoms with Crippen LogP contribution in [0.25, 0.3) is 0 Å². The van der Waals surface area contributed by atoms with E-state index in [1.807, 2.05) is 0 Å². The summed E-state index contributed by atoms with van der Waals surface area (Å²) in [5.74, 6) is 0.327. The number of hydrogen-bond donors (Lipinski definition) is 1. The maximum atomic E-state index is 12.5. The van der Waals surface area contributed by atoms with Crippen LogP contribution in [0.4, 0.5) is 0 Å². The summed E-state index contributed by atoms with van der Waals surface area (Å²) in [5, 5.41) is 3.57. The van der Waals surface area contributed by atoms with Gasteiger partial charge < -0.3 is 10.2 Å². The Bertz CT molecular complexity index is 545. The van der Waals surface area contributed by atoms with Gasteiger partial charge in [0.1, 0.15) is 0 Å². The minimum absolute atomic E-state index is 0. The first-order valence-electron chi connectivity index (χ1n) is 7.40. The van der Waals surface area contributed by atoms with E-state index < -0.39 is 0 Å². The van der Waals surface area contributed by atoms with E-state index in [4.69, 9.17) is 0 Å². The Kier molecular flexibility index (Phi) is 2.46. The summed E-state index contributed by atoms with van der Waals surface area (Å²) in [5.41, 5.74) is 4.12. The van der Waals surface area contributed by atoms with E-state index in [2.05, 4.69) is 35.3 Å². The summed E-state index contributed by atoms with van der Waals surface area (Å²) < 4.78 is 0. The van der Waals surface area contributed by atoms with E-state index in [1.165, 1.54) is 29.5 Å². The van der Waals surface area contributed by atoms with Crippen molar-refractivity contribution >= 4 is 5.91 Å². The highest BCUT2D eigenvalue weighted by molar-refractivity contribution is 5.84. The van der Waals surface area contributed by atoms with Gasteiger partial charge in [0, 0.05) is 14.0 Å². The van der Waals surface area contributed by atoms with Gasteiger partial charge in [0.25, 0.3) is 0 Å². The van der Waals surface area contributed by atoms with E-state index in [9.17, 15) is 4.79 Å². The van der Waals surface area contributed by atoms with Crippen LogP contribution in [0, 0.1) is 6.92 Å². The summed E-state index contributed by atoms with van der Waals surface area (Å²) >= 11 is 0. The molecule has 0 saturated carbocycles. The number of carbonyl (C=O) groups is 1. The van der Waals surface area contributed by atoms with Gasteiger partial charge in [0.2, 0.25) is 5.91 Å². The summed E-state index contributed by atoms with van der Waals surface area (Å²) in [4.78, 5) is 14.7. The second-order valence-electron chi connectivity index (χ2n) is 6.19. The third kappa shape index (κ3) is 1.64. The van der Waals surface area contributed by atoms with Crippen molar-refractivity contribution in [2.75, 3.05) is 6.54 Å². The standard InChI is InChI=1S/C16H20N2O.H2/c1-10-5-6-11-7-8-18-15(12(11)9-10)13-3-2-4-14(17-13)16(18)19;/h5-6,9,13-15,17H,2-4,7-8H2,1H3;1H. The summed E-state index contributed by atoms with van der Waals surface area (Å²) in [6.07, 6.45) is 4.40. The van der Waals surface area contributed by atoms with Crippen LogP contribution < -0.4 is 5.32 Å². The van der Waals surface area contributed by atoms with Crippen molar-refractivity contribution in [2.24, 2.45) is 0 Å². The third-order valence-electron chi connectivity index (χ3n) is 4.96. The molecule has 3 aliphatic rings. The Labute approximate surface area is 115 Å². The molecule has 3 heteroatoms. The minimum Gasteiger partial charge on any atom is -0.332 e. The Balaban J connectivity index is 0.00000121. The topological polar surface area (TPSA) is 32.3 Å². The molecule has 1 amide bonds. The highest BCUT2D eigenvalue weighted by Crippen LogP contribution is 2.39. The Hall–Kier alpha value is -1.35. The minimum atomic E-state index is 0. The molecule has 3 nitrogen and oxygen atoms in total. The van der Waals surface area contributed by atoms with Gasteiger partial charge >= 0.3 is 0 Å². The van der Waals surface area contributed by atoms with Crippen LogP contribution in [0.2, 0.25) is 0 Å². The number of nitrogens with zero attached hydrogens (tertiary/aromatic N) is 1. The molecule has 19 heavy (non-hydrogen) atoms. The number of rotatable bonds is 0. The molecule has 1 aromatic carbocycles. The molecule has 1 aromatic rings. The van der Waals surface area contributed by atoms with E-state index in [1.54, 1.807) is 0 Å². The van der Waals surface area contributed by atoms with E-state index in [-0.39, 0.29) is 13.5 Å². The fourth-order valence-corrected chi connectivity index (χ4v) is 4.06. The molecule has 3 atom stereocenters. The normalized spacial score (nSPS) is 32.8. The maximum Gasteiger partial charge on any atom is 0.240 e. The van der Waals surface area contributed by atoms with Gasteiger partial charge in [-0.2, -0.15) is 0 Å². The van der Waals surface area contributed by atoms with Crippen LogP contribution in [0.5, 0.6) is 0 Å². The molecule has 3 heterocycles. The van der Waals surface area contributed by atoms with Gasteiger partial charge in [-0.15, -0.1) is 0 Å². The number of amides is 1. The number of piperazine rings is 1. The van der Waals surface area contributed by atoms with Gasteiger partial charge in [-0.25, -0.2) is 0 Å². The number of nitrogens with one attached hydrogen (secondary N) is 1. The Morgan fingerprint density at radius 2 is 2.26 bits per heavy atom. The number of piperidine rings is 1. The van der Waals surface area contributed by atoms with Crippen LogP contribution in [0.1, 0.15) is 43.4 Å². The first-order valence-corrected chi connectivity index (χ1v) is 7.40. The van der Waals surface area contributed by atoms with Crippen molar-refractivity contribution in [1.29, 1.82) is 0 Å². The molecule has 4 rings (SSSR count). The average Bonchev–Trinajstić information content (AvgIpc) is 2.44. The summed E-state index contributed by atoms with van der Waals surface area (Å²) in [6.45, 7) is 3.04. The highest BCUT2D eigenvalue weighted by atomic mass is 16.2. The number of benzene rings is 1. The lowest BCUT2D eigenvalue weighted by molar-refractivity contribution is -0.143. The number of fused-ring (bicyclic) bond motifs is 6. The Morgan fingerprint density at radius 3 is 3.16 bits per heavy atom. The number of hydrogen-bond acceptors (Lipinski definition) is 2. The van der Waals surface area contributed by atoms with Crippen LogP contribution in [0.3, 0.4) is 0 Å². The van der Waals surface area contributed by atoms with Crippen molar-refractivity contribution < 1.29 is 6.22 Å². The van der Waals surface area contributed by atoms with Gasteiger partial charge in [-0.3, -0.25) is 4.79 Å². The van der Waals surface area contributed by atoms with Crippen LogP contribution >= 0.6 is 0 Å². The fourth-order valence-electron chi connectivity index (χ4n) is 4.06. The third-order valence-corrected chi connectivity index (χ3v) is 4.96. The lowest BCUT2D eigenvalue weighted by Crippen LogP contribution is -2.64. The smallest absolute Gasteiger partial charge is 0.240 e. The lowest BCUT2D eigenvalue weighted by Gasteiger charge is -2.50. The van der Waals surface area contributed by atoms with Crippen molar-refractivity contribution in [1.82, 2.24) is 10.2 Å². The van der Waals surface area contributed by atoms with E-state index >= 15 is 0 Å². The van der Waals surface area contributed by atoms with E-state index in [0.717, 1.165) is 19.4 Å². The molecule has 2 saturated heterocycles. The molecule has 102 valence electrons. The maximum absolute atomic E-state index is 12.5. The molecule has 0 aromatic heterocycles. The predicted octanol–water partition coefficient (Wildman–Crippen LogP) is 2.19. The SMILES string of the molecule is Cc1ccc2c(c1)C1C3CCCC(N3)C(=O)N1CC2.[HH]. The molecule has 0 radical (unpaired) electrons. The van der Waals surface area contributed by atoms with Crippen LogP contribution in [-0.2, 0) is 11.2 Å². The molecule has 0 aliphatic carbocycles. The second-order valence-corrected chi connectivity index (χ2v) is 6.19. The van der Waals surface area contributed by atoms with Crippen molar-refractivity contribution in [3.05, 3.63) is 34.9 Å². The first-order chi connectivity index (χ1) is 9.24. The molecule has 2 fully saturated rings. The zero-order chi connectivity index (χ0) is 13.0. The van der Waals surface area contributed by atoms with E-state index in [0.29, 0.717) is 11.9 Å². The average molecular weight is 258 g/mol. The van der Waals surface area contributed by atoms with Crippen molar-refractivity contribution in [3.8, 4) is 0 Å². The molecule has 2 bridgehead atoms. The fraction of sp³-hybridized carbons (Fsp3) is 0.562. The largest absolute Gasteiger partial charge is 0.332 e. The number of carbonyl (C=O) groups excluding carboxylic acids is 1. The summed E-state index contributed by atoms with van der Waals surface area (Å²) in [6, 6.07) is 7.54. The molecular formula is C16H22N2O. The molecule has 3 aliphatic heterocycles. The zero-order valence-electron chi connectivity index (χ0n) is 11.4. The Morgan fingerprint density at radius 1 is 1.37 bits per heavy atom. The second kappa shape index (κ2) is 4.07. The zero-order valence-corrected chi connectivity index (χ0v) is 11.4. The lowest BCUT2D eigenvalue weighted by atomic mass is 9.80. The van der Waals surface area contributed by atoms with Crippen LogP contribution in [-0.4, -0.2) is 29.4 Å². The van der Waals surface area contributed by atoms with Gasteiger partial charge in [0.05, 0.1) is 12.1 Å². The van der Waals surface area contributed by atoms with Gasteiger partial charge in [-0.1, -0.05) is 23.8 Å². The van der Waals surface area contributed by atoms with Gasteiger partial charge in [0.15, 0.2) is 0 Å². The van der Waals surface area contributed by atoms with Gasteiger partial charge in [-0.05, 0) is 43.7 Å². The molecule has 1 N–H and O–H groups in total. The summed E-state index contributed by atoms with van der Waals surface area (Å²) in [7, 11) is 0. The quantitative estimate of drug-likeness (QED) is 0.773. The van der Waals surface area contributed by atoms with Crippen molar-refractivity contribution in [2.45, 2.75) is 50.7 Å². The molecule has 0 spiro atoms. The van der Waals surface area contributed by atoms with Crippen LogP contribution in [0.15, 0.2) is 18.2 Å². The monoisotopic (exact) mass is 258 g/mol.